The number of benzene rings is 1. The van der Waals surface area contributed by atoms with Crippen LogP contribution >= 0.6 is 0 Å². The molecule has 3 rings (SSSR count). The van der Waals surface area contributed by atoms with E-state index in [0.717, 1.165) is 11.1 Å². The number of anilines is 1. The van der Waals surface area contributed by atoms with Crippen molar-refractivity contribution in [3.63, 3.8) is 0 Å². The molecule has 9 nitrogen and oxygen atoms in total. The minimum Gasteiger partial charge on any atom is -0.393 e. The third-order valence-electron chi connectivity index (χ3n) is 6.11. The maximum Gasteiger partial charge on any atom is 0.292 e. The normalized spacial score (nSPS) is 18.7. The van der Waals surface area contributed by atoms with Crippen molar-refractivity contribution in [3.8, 4) is 0 Å². The molecule has 1 aromatic rings. The van der Waals surface area contributed by atoms with Gasteiger partial charge in [0.15, 0.2) is 0 Å². The molecule has 2 aliphatic heterocycles. The van der Waals surface area contributed by atoms with E-state index in [-0.39, 0.29) is 29.2 Å². The molecule has 0 aliphatic carbocycles. The Morgan fingerprint density at radius 3 is 2.30 bits per heavy atom. The molecule has 0 spiro atoms. The molecule has 0 aromatic heterocycles. The maximum absolute atomic E-state index is 12.9. The smallest absolute Gasteiger partial charge is 0.292 e. The van der Waals surface area contributed by atoms with Crippen molar-refractivity contribution in [1.29, 1.82) is 0 Å². The predicted octanol–water partition coefficient (Wildman–Crippen LogP) is 1.65. The number of hydrogen-bond acceptors (Lipinski definition) is 6. The summed E-state index contributed by atoms with van der Waals surface area (Å²) < 4.78 is 0. The van der Waals surface area contributed by atoms with Gasteiger partial charge in [0.05, 0.1) is 11.0 Å². The number of rotatable bonds is 4. The standard InChI is InChI=1S/C21H29N5O4/c1-14-12-18(13-19(20(14)22)26(29)30)17-4-6-23(7-5-17)15(2)21(28)25-10-8-24(9-11-25)16(3)27/h4,12-13,15H,5-11,22H2,1-3H3. The second kappa shape index (κ2) is 8.83. The average Bonchev–Trinajstić information content (AvgIpc) is 2.74. The monoisotopic (exact) mass is 415 g/mol. The molecule has 1 aromatic carbocycles. The molecule has 1 fully saturated rings. The number of nitrogens with zero attached hydrogens (tertiary/aromatic N) is 4. The first-order chi connectivity index (χ1) is 14.2. The third kappa shape index (κ3) is 4.46. The lowest BCUT2D eigenvalue weighted by atomic mass is 9.96. The second-order valence-electron chi connectivity index (χ2n) is 7.96. The van der Waals surface area contributed by atoms with Gasteiger partial charge in [-0.25, -0.2) is 0 Å². The van der Waals surface area contributed by atoms with E-state index in [4.69, 9.17) is 5.73 Å². The number of aryl methyl sites for hydroxylation is 1. The van der Waals surface area contributed by atoms with Gasteiger partial charge in [-0.2, -0.15) is 0 Å². The van der Waals surface area contributed by atoms with E-state index in [1.54, 1.807) is 18.7 Å². The Bertz CT molecular complexity index is 890. The number of nitrogen functional groups attached to an aromatic ring is 1. The predicted molar refractivity (Wildman–Crippen MR) is 115 cm³/mol. The first-order valence-corrected chi connectivity index (χ1v) is 10.2. The van der Waals surface area contributed by atoms with E-state index in [1.165, 1.54) is 6.07 Å². The van der Waals surface area contributed by atoms with Gasteiger partial charge >= 0.3 is 0 Å². The Hall–Kier alpha value is -2.94. The molecule has 1 saturated heterocycles. The summed E-state index contributed by atoms with van der Waals surface area (Å²) in [6, 6.07) is 3.16. The first kappa shape index (κ1) is 21.8. The van der Waals surface area contributed by atoms with Gasteiger partial charge in [0.25, 0.3) is 5.69 Å². The van der Waals surface area contributed by atoms with E-state index in [9.17, 15) is 19.7 Å². The highest BCUT2D eigenvalue weighted by Crippen LogP contribution is 2.32. The number of nitrogens with two attached hydrogens (primary N) is 1. The summed E-state index contributed by atoms with van der Waals surface area (Å²) in [5.41, 5.74) is 8.51. The number of hydrogen-bond donors (Lipinski definition) is 1. The van der Waals surface area contributed by atoms with E-state index in [0.29, 0.717) is 51.3 Å². The van der Waals surface area contributed by atoms with Gasteiger partial charge in [-0.05, 0) is 43.0 Å². The quantitative estimate of drug-likeness (QED) is 0.455. The van der Waals surface area contributed by atoms with Gasteiger partial charge in [0.1, 0.15) is 5.69 Å². The zero-order valence-corrected chi connectivity index (χ0v) is 17.8. The molecular weight excluding hydrogens is 386 g/mol. The van der Waals surface area contributed by atoms with Crippen LogP contribution in [0.4, 0.5) is 11.4 Å². The molecule has 0 radical (unpaired) electrons. The Kier molecular flexibility index (Phi) is 6.40. The molecular formula is C21H29N5O4. The number of nitro benzene ring substituents is 1. The van der Waals surface area contributed by atoms with Crippen LogP contribution in [-0.4, -0.2) is 76.7 Å². The summed E-state index contributed by atoms with van der Waals surface area (Å²) in [5.74, 6) is 0.121. The van der Waals surface area contributed by atoms with Crippen LogP contribution in [0, 0.1) is 17.0 Å². The molecule has 30 heavy (non-hydrogen) atoms. The Morgan fingerprint density at radius 2 is 1.77 bits per heavy atom. The topological polar surface area (TPSA) is 113 Å². The van der Waals surface area contributed by atoms with Crippen LogP contribution in [0.5, 0.6) is 0 Å². The molecule has 162 valence electrons. The molecule has 2 heterocycles. The summed E-state index contributed by atoms with van der Waals surface area (Å²) in [6.07, 6.45) is 2.74. The van der Waals surface area contributed by atoms with Gasteiger partial charge in [-0.3, -0.25) is 24.6 Å². The van der Waals surface area contributed by atoms with Crippen LogP contribution in [0.1, 0.15) is 31.4 Å². The highest BCUT2D eigenvalue weighted by molar-refractivity contribution is 5.82. The highest BCUT2D eigenvalue weighted by atomic mass is 16.6. The summed E-state index contributed by atoms with van der Waals surface area (Å²) in [7, 11) is 0. The van der Waals surface area contributed by atoms with Crippen molar-refractivity contribution in [2.24, 2.45) is 0 Å². The average molecular weight is 415 g/mol. The lowest BCUT2D eigenvalue weighted by Crippen LogP contribution is -2.55. The number of carbonyl (C=O) groups is 2. The fourth-order valence-electron chi connectivity index (χ4n) is 4.08. The van der Waals surface area contributed by atoms with Crippen molar-refractivity contribution in [1.82, 2.24) is 14.7 Å². The van der Waals surface area contributed by atoms with Gasteiger partial charge < -0.3 is 15.5 Å². The zero-order valence-electron chi connectivity index (χ0n) is 17.8. The first-order valence-electron chi connectivity index (χ1n) is 10.2. The van der Waals surface area contributed by atoms with Crippen molar-refractivity contribution < 1.29 is 14.5 Å². The summed E-state index contributed by atoms with van der Waals surface area (Å²) in [4.78, 5) is 40.9. The largest absolute Gasteiger partial charge is 0.393 e. The van der Waals surface area contributed by atoms with Crippen LogP contribution in [0.15, 0.2) is 18.2 Å². The highest BCUT2D eigenvalue weighted by Gasteiger charge is 2.30. The SMILES string of the molecule is CC(=O)N1CCN(C(=O)C(C)N2CC=C(c3cc(C)c(N)c([N+](=O)[O-])c3)CC2)CC1. The summed E-state index contributed by atoms with van der Waals surface area (Å²) >= 11 is 0. The van der Waals surface area contributed by atoms with Crippen molar-refractivity contribution in [2.75, 3.05) is 45.0 Å². The van der Waals surface area contributed by atoms with Gasteiger partial charge in [-0.15, -0.1) is 0 Å². The summed E-state index contributed by atoms with van der Waals surface area (Å²) in [5, 5.41) is 11.3. The van der Waals surface area contributed by atoms with Gasteiger partial charge in [-0.1, -0.05) is 6.08 Å². The molecule has 1 unspecified atom stereocenters. The number of piperazine rings is 1. The molecule has 2 amide bonds. The van der Waals surface area contributed by atoms with E-state index in [2.05, 4.69) is 4.90 Å². The number of amides is 2. The molecule has 0 saturated carbocycles. The van der Waals surface area contributed by atoms with Gasteiger partial charge in [0.2, 0.25) is 11.8 Å². The Balaban J connectivity index is 1.65. The van der Waals surface area contributed by atoms with Crippen LogP contribution < -0.4 is 5.73 Å². The molecule has 2 aliphatic rings. The Labute approximate surface area is 176 Å². The molecule has 0 bridgehead atoms. The van der Waals surface area contributed by atoms with Crippen LogP contribution in [0.25, 0.3) is 5.57 Å². The zero-order chi connectivity index (χ0) is 22.0. The lowest BCUT2D eigenvalue weighted by molar-refractivity contribution is -0.383. The molecule has 2 N–H and O–H groups in total. The molecule has 9 heteroatoms. The van der Waals surface area contributed by atoms with Crippen molar-refractivity contribution >= 4 is 28.8 Å². The second-order valence-corrected chi connectivity index (χ2v) is 7.96. The fraction of sp³-hybridized carbons (Fsp3) is 0.524. The van der Waals surface area contributed by atoms with Crippen LogP contribution in [0.3, 0.4) is 0 Å². The van der Waals surface area contributed by atoms with Crippen molar-refractivity contribution in [3.05, 3.63) is 39.4 Å². The van der Waals surface area contributed by atoms with Crippen molar-refractivity contribution in [2.45, 2.75) is 33.2 Å². The van der Waals surface area contributed by atoms with E-state index < -0.39 is 4.92 Å². The van der Waals surface area contributed by atoms with E-state index in [1.807, 2.05) is 24.0 Å². The fourth-order valence-corrected chi connectivity index (χ4v) is 4.08. The minimum atomic E-state index is -0.450. The number of nitro groups is 1. The third-order valence-corrected chi connectivity index (χ3v) is 6.11. The Morgan fingerprint density at radius 1 is 1.13 bits per heavy atom. The lowest BCUT2D eigenvalue weighted by Gasteiger charge is -2.38. The molecule has 1 atom stereocenters. The minimum absolute atomic E-state index is 0.0435. The van der Waals surface area contributed by atoms with Gasteiger partial charge in [0, 0.05) is 52.3 Å². The van der Waals surface area contributed by atoms with Crippen LogP contribution in [0.2, 0.25) is 0 Å². The maximum atomic E-state index is 12.9. The van der Waals surface area contributed by atoms with E-state index >= 15 is 0 Å². The van der Waals surface area contributed by atoms with Crippen LogP contribution in [-0.2, 0) is 9.59 Å². The summed E-state index contributed by atoms with van der Waals surface area (Å²) in [6.45, 7) is 8.81. The number of carbonyl (C=O) groups excluding carboxylic acids is 2.